The third kappa shape index (κ3) is 1.84. The van der Waals surface area contributed by atoms with Crippen LogP contribution in [0.1, 0.15) is 20.8 Å². The second-order valence-electron chi connectivity index (χ2n) is 4.36. The number of hydrogen-bond acceptors (Lipinski definition) is 5. The fourth-order valence-corrected chi connectivity index (χ4v) is 2.21. The minimum absolute atomic E-state index is 0.0375. The molecule has 0 spiro atoms. The summed E-state index contributed by atoms with van der Waals surface area (Å²) in [5, 5.41) is 0. The van der Waals surface area contributed by atoms with E-state index < -0.39 is 17.9 Å². The SMILES string of the molecule is CCOC(=O)O[C@@]12C=C[C@@H](O1)[C@H](C)C(=O)[C@H]2C. The van der Waals surface area contributed by atoms with Crippen molar-refractivity contribution in [2.75, 3.05) is 6.61 Å². The van der Waals surface area contributed by atoms with Gasteiger partial charge >= 0.3 is 6.16 Å². The van der Waals surface area contributed by atoms with Crippen molar-refractivity contribution in [3.63, 3.8) is 0 Å². The molecular weight excluding hydrogens is 224 g/mol. The molecular formula is C12H16O5. The number of hydrogen-bond donors (Lipinski definition) is 0. The van der Waals surface area contributed by atoms with E-state index in [0.717, 1.165) is 0 Å². The van der Waals surface area contributed by atoms with Crippen molar-refractivity contribution in [3.05, 3.63) is 12.2 Å². The first kappa shape index (κ1) is 12.1. The van der Waals surface area contributed by atoms with Crippen molar-refractivity contribution in [3.8, 4) is 0 Å². The summed E-state index contributed by atoms with van der Waals surface area (Å²) in [6.45, 7) is 5.42. The van der Waals surface area contributed by atoms with Gasteiger partial charge in [-0.1, -0.05) is 13.0 Å². The third-order valence-electron chi connectivity index (χ3n) is 3.32. The van der Waals surface area contributed by atoms with Crippen LogP contribution in [-0.4, -0.2) is 30.4 Å². The molecule has 0 unspecified atom stereocenters. The van der Waals surface area contributed by atoms with Crippen molar-refractivity contribution >= 4 is 11.9 Å². The summed E-state index contributed by atoms with van der Waals surface area (Å²) in [5.41, 5.74) is 0. The van der Waals surface area contributed by atoms with Crippen LogP contribution in [0.3, 0.4) is 0 Å². The van der Waals surface area contributed by atoms with Crippen molar-refractivity contribution < 1.29 is 23.8 Å². The van der Waals surface area contributed by atoms with Gasteiger partial charge in [-0.25, -0.2) is 4.79 Å². The molecule has 1 saturated heterocycles. The van der Waals surface area contributed by atoms with Crippen LogP contribution in [0.25, 0.3) is 0 Å². The highest BCUT2D eigenvalue weighted by atomic mass is 16.8. The molecule has 0 radical (unpaired) electrons. The highest BCUT2D eigenvalue weighted by Gasteiger charge is 2.55. The summed E-state index contributed by atoms with van der Waals surface area (Å²) in [5.74, 6) is -1.96. The molecule has 0 aromatic heterocycles. The summed E-state index contributed by atoms with van der Waals surface area (Å²) >= 11 is 0. The Morgan fingerprint density at radius 2 is 2.24 bits per heavy atom. The Labute approximate surface area is 99.7 Å². The summed E-state index contributed by atoms with van der Waals surface area (Å²) in [6.07, 6.45) is 2.28. The average molecular weight is 240 g/mol. The highest BCUT2D eigenvalue weighted by molar-refractivity contribution is 5.86. The molecule has 17 heavy (non-hydrogen) atoms. The van der Waals surface area contributed by atoms with Crippen LogP contribution < -0.4 is 0 Å². The molecule has 0 amide bonds. The Balaban J connectivity index is 2.18. The Hall–Kier alpha value is -1.36. The quantitative estimate of drug-likeness (QED) is 0.542. The lowest BCUT2D eigenvalue weighted by Gasteiger charge is -2.39. The van der Waals surface area contributed by atoms with Crippen molar-refractivity contribution in [1.82, 2.24) is 0 Å². The fraction of sp³-hybridized carbons (Fsp3) is 0.667. The lowest BCUT2D eigenvalue weighted by Crippen LogP contribution is -2.52. The predicted molar refractivity (Wildman–Crippen MR) is 58.2 cm³/mol. The van der Waals surface area contributed by atoms with Gasteiger partial charge in [0.05, 0.1) is 18.6 Å². The van der Waals surface area contributed by atoms with Gasteiger partial charge in [0.15, 0.2) is 0 Å². The van der Waals surface area contributed by atoms with E-state index in [1.165, 1.54) is 0 Å². The normalized spacial score (nSPS) is 39.2. The van der Waals surface area contributed by atoms with Crippen LogP contribution in [-0.2, 0) is 19.0 Å². The van der Waals surface area contributed by atoms with E-state index in [-0.39, 0.29) is 24.4 Å². The zero-order chi connectivity index (χ0) is 12.6. The molecule has 4 atom stereocenters. The summed E-state index contributed by atoms with van der Waals surface area (Å²) in [6, 6.07) is 0. The molecule has 1 fully saturated rings. The van der Waals surface area contributed by atoms with Crippen LogP contribution in [0, 0.1) is 11.8 Å². The predicted octanol–water partition coefficient (Wildman–Crippen LogP) is 1.67. The molecule has 2 bridgehead atoms. The lowest BCUT2D eigenvalue weighted by molar-refractivity contribution is -0.234. The van der Waals surface area contributed by atoms with E-state index >= 15 is 0 Å². The van der Waals surface area contributed by atoms with Gasteiger partial charge in [0.25, 0.3) is 0 Å². The smallest absolute Gasteiger partial charge is 0.435 e. The maximum absolute atomic E-state index is 12.0. The maximum Gasteiger partial charge on any atom is 0.511 e. The zero-order valence-electron chi connectivity index (χ0n) is 10.1. The van der Waals surface area contributed by atoms with Crippen LogP contribution >= 0.6 is 0 Å². The standard InChI is InChI=1S/C12H16O5/c1-4-15-11(14)17-12-6-5-9(16-12)7(2)10(13)8(12)3/h5-9H,4H2,1-3H3/t7-,8+,9+,12+/m0/s1. The van der Waals surface area contributed by atoms with Crippen molar-refractivity contribution in [2.45, 2.75) is 32.7 Å². The molecule has 94 valence electrons. The minimum atomic E-state index is -1.28. The van der Waals surface area contributed by atoms with Gasteiger partial charge in [-0.3, -0.25) is 4.79 Å². The van der Waals surface area contributed by atoms with E-state index in [1.54, 1.807) is 26.0 Å². The second kappa shape index (κ2) is 4.14. The molecule has 0 aromatic rings. The number of rotatable bonds is 2. The average Bonchev–Trinajstić information content (AvgIpc) is 2.68. The van der Waals surface area contributed by atoms with Crippen LogP contribution in [0.2, 0.25) is 0 Å². The Morgan fingerprint density at radius 3 is 2.88 bits per heavy atom. The number of ether oxygens (including phenoxy) is 3. The van der Waals surface area contributed by atoms with Gasteiger partial charge in [0.1, 0.15) is 5.78 Å². The van der Waals surface area contributed by atoms with E-state index in [9.17, 15) is 9.59 Å². The number of carbonyl (C=O) groups is 2. The van der Waals surface area contributed by atoms with Crippen LogP contribution in [0.15, 0.2) is 12.2 Å². The maximum atomic E-state index is 12.0. The third-order valence-corrected chi connectivity index (χ3v) is 3.32. The first-order valence-corrected chi connectivity index (χ1v) is 5.77. The Kier molecular flexibility index (Phi) is 2.95. The molecule has 2 aliphatic heterocycles. The van der Waals surface area contributed by atoms with Gasteiger partial charge in [-0.2, -0.15) is 0 Å². The van der Waals surface area contributed by atoms with Gasteiger partial charge < -0.3 is 14.2 Å². The largest absolute Gasteiger partial charge is 0.511 e. The van der Waals surface area contributed by atoms with Gasteiger partial charge in [-0.05, 0) is 19.9 Å². The van der Waals surface area contributed by atoms with Crippen LogP contribution in [0.5, 0.6) is 0 Å². The fourth-order valence-electron chi connectivity index (χ4n) is 2.21. The molecule has 0 aromatic carbocycles. The van der Waals surface area contributed by atoms with Gasteiger partial charge in [0, 0.05) is 5.92 Å². The number of fused-ring (bicyclic) bond motifs is 2. The summed E-state index contributed by atoms with van der Waals surface area (Å²) in [7, 11) is 0. The van der Waals surface area contributed by atoms with E-state index in [2.05, 4.69) is 0 Å². The van der Waals surface area contributed by atoms with E-state index in [1.807, 2.05) is 6.92 Å². The highest BCUT2D eigenvalue weighted by Crippen LogP contribution is 2.42. The molecule has 2 rings (SSSR count). The topological polar surface area (TPSA) is 61.8 Å². The second-order valence-corrected chi connectivity index (χ2v) is 4.36. The number of Topliss-reactive ketones (excluding diaryl/α,β-unsaturated/α-hetero) is 1. The molecule has 0 saturated carbocycles. The first-order chi connectivity index (χ1) is 8.00. The summed E-state index contributed by atoms with van der Waals surface area (Å²) in [4.78, 5) is 23.3. The van der Waals surface area contributed by atoms with Crippen LogP contribution in [0.4, 0.5) is 4.79 Å². The monoisotopic (exact) mass is 240 g/mol. The Morgan fingerprint density at radius 1 is 1.53 bits per heavy atom. The lowest BCUT2D eigenvalue weighted by atomic mass is 9.86. The van der Waals surface area contributed by atoms with E-state index in [0.29, 0.717) is 0 Å². The van der Waals surface area contributed by atoms with E-state index in [4.69, 9.17) is 14.2 Å². The Bertz CT molecular complexity index is 375. The number of ketones is 1. The first-order valence-electron chi connectivity index (χ1n) is 5.77. The molecule has 2 aliphatic rings. The molecule has 5 heteroatoms. The van der Waals surface area contributed by atoms with Crippen molar-refractivity contribution in [2.24, 2.45) is 11.8 Å². The molecule has 5 nitrogen and oxygen atoms in total. The molecule has 0 N–H and O–H groups in total. The summed E-state index contributed by atoms with van der Waals surface area (Å²) < 4.78 is 15.5. The molecule has 2 heterocycles. The van der Waals surface area contributed by atoms with Crippen molar-refractivity contribution in [1.29, 1.82) is 0 Å². The number of carbonyl (C=O) groups excluding carboxylic acids is 2. The zero-order valence-corrected chi connectivity index (χ0v) is 10.1. The van der Waals surface area contributed by atoms with Gasteiger partial charge in [-0.15, -0.1) is 0 Å². The minimum Gasteiger partial charge on any atom is -0.435 e. The van der Waals surface area contributed by atoms with Gasteiger partial charge in [0.2, 0.25) is 5.79 Å². The molecule has 0 aliphatic carbocycles.